The third-order valence-corrected chi connectivity index (χ3v) is 6.96. The van der Waals surface area contributed by atoms with Crippen molar-refractivity contribution in [3.8, 4) is 0 Å². The Morgan fingerprint density at radius 1 is 0.889 bits per heavy atom. The molecule has 0 amide bonds. The van der Waals surface area contributed by atoms with Crippen LogP contribution in [0.15, 0.2) is 42.5 Å². The largest absolute Gasteiger partial charge is 0.361 e. The van der Waals surface area contributed by atoms with Gasteiger partial charge in [0.1, 0.15) is 0 Å². The van der Waals surface area contributed by atoms with Crippen molar-refractivity contribution in [1.29, 1.82) is 0 Å². The lowest BCUT2D eigenvalue weighted by Crippen LogP contribution is -2.52. The van der Waals surface area contributed by atoms with E-state index >= 15 is 0 Å². The number of piperazine rings is 1. The van der Waals surface area contributed by atoms with Gasteiger partial charge in [-0.25, -0.2) is 0 Å². The smallest absolute Gasteiger partial charge is 0.0670 e. The quantitative estimate of drug-likeness (QED) is 0.542. The molecule has 3 unspecified atom stereocenters. The fraction of sp³-hybridized carbons (Fsp3) is 0.455. The van der Waals surface area contributed by atoms with Gasteiger partial charge in [-0.05, 0) is 54.7 Å². The highest BCUT2D eigenvalue weighted by Crippen LogP contribution is 2.39. The Kier molecular flexibility index (Phi) is 5.89. The van der Waals surface area contributed by atoms with Crippen LogP contribution in [0.1, 0.15) is 37.8 Å². The molecule has 1 heterocycles. The summed E-state index contributed by atoms with van der Waals surface area (Å²) in [5, 5.41) is 2.15. The van der Waals surface area contributed by atoms with Crippen molar-refractivity contribution < 1.29 is 0 Å². The number of anilines is 1. The molecule has 1 saturated heterocycles. The summed E-state index contributed by atoms with van der Waals surface area (Å²) in [5.41, 5.74) is 2.33. The summed E-state index contributed by atoms with van der Waals surface area (Å²) in [6, 6.07) is 15.0. The highest BCUT2D eigenvalue weighted by atomic mass is 35.5. The first-order valence-corrected chi connectivity index (χ1v) is 10.9. The first-order valence-electron chi connectivity index (χ1n) is 9.74. The zero-order valence-corrected chi connectivity index (χ0v) is 17.8. The molecule has 2 aliphatic rings. The van der Waals surface area contributed by atoms with Crippen molar-refractivity contribution in [3.05, 3.63) is 63.1 Å². The van der Waals surface area contributed by atoms with Crippen LogP contribution in [0.5, 0.6) is 0 Å². The predicted molar refractivity (Wildman–Crippen MR) is 116 cm³/mol. The first kappa shape index (κ1) is 19.4. The molecule has 5 heteroatoms. The maximum Gasteiger partial charge on any atom is 0.0670 e. The number of benzene rings is 2. The van der Waals surface area contributed by atoms with Gasteiger partial charge in [0.15, 0.2) is 0 Å². The van der Waals surface area contributed by atoms with E-state index < -0.39 is 0 Å². The van der Waals surface area contributed by atoms with Crippen molar-refractivity contribution in [1.82, 2.24) is 4.90 Å². The topological polar surface area (TPSA) is 6.48 Å². The van der Waals surface area contributed by atoms with E-state index in [1.165, 1.54) is 24.8 Å². The number of halogens is 3. The Morgan fingerprint density at radius 3 is 2.30 bits per heavy atom. The molecule has 27 heavy (non-hydrogen) atoms. The van der Waals surface area contributed by atoms with E-state index in [-0.39, 0.29) is 6.04 Å². The van der Waals surface area contributed by atoms with Crippen molar-refractivity contribution in [2.75, 3.05) is 24.5 Å². The molecule has 2 nitrogen and oxygen atoms in total. The Hall–Kier alpha value is -0.930. The van der Waals surface area contributed by atoms with Crippen LogP contribution in [0.25, 0.3) is 0 Å². The molecule has 4 rings (SSSR count). The highest BCUT2D eigenvalue weighted by Gasteiger charge is 2.36. The van der Waals surface area contributed by atoms with Gasteiger partial charge in [0.25, 0.3) is 0 Å². The number of hydrogen-bond acceptors (Lipinski definition) is 2. The molecular weight excluding hydrogens is 399 g/mol. The monoisotopic (exact) mass is 422 g/mol. The Morgan fingerprint density at radius 2 is 1.63 bits per heavy atom. The molecule has 0 radical (unpaired) electrons. The average molecular weight is 424 g/mol. The number of nitrogens with zero attached hydrogens (tertiary/aromatic N) is 2. The number of hydrogen-bond donors (Lipinski definition) is 0. The van der Waals surface area contributed by atoms with Crippen molar-refractivity contribution in [2.24, 2.45) is 5.92 Å². The lowest BCUT2D eigenvalue weighted by Gasteiger charge is -2.46. The average Bonchev–Trinajstić information content (AvgIpc) is 3.08. The first-order chi connectivity index (χ1) is 13.0. The van der Waals surface area contributed by atoms with E-state index in [4.69, 9.17) is 34.8 Å². The van der Waals surface area contributed by atoms with Crippen LogP contribution in [-0.4, -0.2) is 30.6 Å². The van der Waals surface area contributed by atoms with E-state index in [9.17, 15) is 0 Å². The summed E-state index contributed by atoms with van der Waals surface area (Å²) in [4.78, 5) is 5.12. The van der Waals surface area contributed by atoms with E-state index in [0.717, 1.165) is 36.3 Å². The second-order valence-electron chi connectivity index (χ2n) is 7.83. The van der Waals surface area contributed by atoms with Crippen LogP contribution in [0, 0.1) is 5.92 Å². The van der Waals surface area contributed by atoms with Gasteiger partial charge in [0.2, 0.25) is 0 Å². The maximum atomic E-state index is 6.57. The summed E-state index contributed by atoms with van der Waals surface area (Å²) in [6.07, 6.45) is 4.01. The summed E-state index contributed by atoms with van der Waals surface area (Å²) in [5.74, 6) is 0.779. The lowest BCUT2D eigenvalue weighted by molar-refractivity contribution is 0.136. The minimum absolute atomic E-state index is 0.252. The molecule has 1 saturated carbocycles. The third-order valence-electron chi connectivity index (χ3n) is 6.17. The second kappa shape index (κ2) is 8.21. The lowest BCUT2D eigenvalue weighted by atomic mass is 9.97. The molecule has 2 aromatic rings. The molecule has 0 bridgehead atoms. The highest BCUT2D eigenvalue weighted by molar-refractivity contribution is 6.36. The van der Waals surface area contributed by atoms with Gasteiger partial charge in [0, 0.05) is 35.7 Å². The third kappa shape index (κ3) is 4.10. The molecule has 0 N–H and O–H groups in total. The van der Waals surface area contributed by atoms with E-state index in [1.54, 1.807) is 0 Å². The molecular formula is C22H25Cl3N2. The SMILES string of the molecule is CC1CCCC1N1CCN(c2ccc(Cl)cc2Cl)C(c2ccc(Cl)cc2)C1. The molecule has 144 valence electrons. The van der Waals surface area contributed by atoms with Crippen LogP contribution in [-0.2, 0) is 0 Å². The van der Waals surface area contributed by atoms with Gasteiger partial charge in [-0.3, -0.25) is 4.90 Å². The molecule has 1 aliphatic carbocycles. The maximum absolute atomic E-state index is 6.57. The van der Waals surface area contributed by atoms with Crippen LogP contribution >= 0.6 is 34.8 Å². The fourth-order valence-electron chi connectivity index (χ4n) is 4.75. The van der Waals surface area contributed by atoms with Gasteiger partial charge in [-0.1, -0.05) is 60.3 Å². The molecule has 1 aliphatic heterocycles. The Labute approximate surface area is 177 Å². The number of rotatable bonds is 3. The summed E-state index contributed by atoms with van der Waals surface area (Å²) in [7, 11) is 0. The van der Waals surface area contributed by atoms with E-state index in [1.807, 2.05) is 30.3 Å². The predicted octanol–water partition coefficient (Wildman–Crippen LogP) is 6.70. The van der Waals surface area contributed by atoms with Gasteiger partial charge in [-0.2, -0.15) is 0 Å². The molecule has 2 aromatic carbocycles. The summed E-state index contributed by atoms with van der Waals surface area (Å²) < 4.78 is 0. The second-order valence-corrected chi connectivity index (χ2v) is 9.11. The zero-order valence-electron chi connectivity index (χ0n) is 15.5. The van der Waals surface area contributed by atoms with Crippen LogP contribution < -0.4 is 4.90 Å². The van der Waals surface area contributed by atoms with Crippen molar-refractivity contribution >= 4 is 40.5 Å². The minimum atomic E-state index is 0.252. The van der Waals surface area contributed by atoms with Crippen molar-refractivity contribution in [3.63, 3.8) is 0 Å². The Balaban J connectivity index is 1.66. The van der Waals surface area contributed by atoms with Gasteiger partial charge in [-0.15, -0.1) is 0 Å². The van der Waals surface area contributed by atoms with Crippen LogP contribution in [0.3, 0.4) is 0 Å². The minimum Gasteiger partial charge on any atom is -0.361 e. The molecule has 0 spiro atoms. The van der Waals surface area contributed by atoms with Gasteiger partial charge >= 0.3 is 0 Å². The van der Waals surface area contributed by atoms with E-state index in [0.29, 0.717) is 16.1 Å². The fourth-order valence-corrected chi connectivity index (χ4v) is 5.39. The standard InChI is InChI=1S/C22H25Cl3N2/c1-15-3-2-4-20(15)26-11-12-27(21-10-9-18(24)13-19(21)25)22(14-26)16-5-7-17(23)8-6-16/h5-10,13,15,20,22H,2-4,11-12,14H2,1H3. The normalized spacial score (nSPS) is 26.5. The summed E-state index contributed by atoms with van der Waals surface area (Å²) >= 11 is 18.8. The Bertz CT molecular complexity index is 793. The van der Waals surface area contributed by atoms with Crippen molar-refractivity contribution in [2.45, 2.75) is 38.3 Å². The zero-order chi connectivity index (χ0) is 19.0. The molecule has 2 fully saturated rings. The summed E-state index contributed by atoms with van der Waals surface area (Å²) in [6.45, 7) is 5.43. The van der Waals surface area contributed by atoms with E-state index in [2.05, 4.69) is 28.9 Å². The van der Waals surface area contributed by atoms with Crippen LogP contribution in [0.2, 0.25) is 15.1 Å². The van der Waals surface area contributed by atoms with Crippen LogP contribution in [0.4, 0.5) is 5.69 Å². The van der Waals surface area contributed by atoms with Gasteiger partial charge < -0.3 is 4.90 Å². The molecule has 0 aromatic heterocycles. The van der Waals surface area contributed by atoms with Gasteiger partial charge in [0.05, 0.1) is 16.8 Å². The molecule has 3 atom stereocenters.